The molecular weight excluding hydrogens is 737 g/mol. The molecule has 2 aliphatic rings. The number of fused-ring (bicyclic) bond motifs is 1. The molecule has 59 heavy (non-hydrogen) atoms. The molecule has 1 fully saturated rings. The summed E-state index contributed by atoms with van der Waals surface area (Å²) in [5, 5.41) is 13.5. The highest BCUT2D eigenvalue weighted by atomic mass is 16.7. The zero-order valence-corrected chi connectivity index (χ0v) is 33.8. The van der Waals surface area contributed by atoms with E-state index in [1.54, 1.807) is 0 Å². The number of aliphatic hydroxyl groups is 1. The number of hydrogen-bond acceptors (Lipinski definition) is 7. The van der Waals surface area contributed by atoms with Crippen molar-refractivity contribution in [2.75, 3.05) is 13.2 Å². The molecule has 0 amide bonds. The molecule has 0 saturated carbocycles. The number of benzene rings is 6. The Morgan fingerprint density at radius 3 is 1.69 bits per heavy atom. The van der Waals surface area contributed by atoms with Crippen LogP contribution < -0.4 is 4.74 Å². The molecule has 6 aromatic carbocycles. The molecule has 5 atom stereocenters. The van der Waals surface area contributed by atoms with Gasteiger partial charge >= 0.3 is 0 Å². The van der Waals surface area contributed by atoms with Gasteiger partial charge in [-0.2, -0.15) is 0 Å². The second-order valence-electron chi connectivity index (χ2n) is 15.6. The van der Waals surface area contributed by atoms with Gasteiger partial charge in [-0.15, -0.1) is 0 Å². The summed E-state index contributed by atoms with van der Waals surface area (Å²) in [6.45, 7) is 4.06. The first kappa shape index (κ1) is 40.7. The number of aryl methyl sites for hydroxylation is 1. The molecular formula is C52H54O7. The monoisotopic (exact) mass is 790 g/mol. The van der Waals surface area contributed by atoms with Gasteiger partial charge < -0.3 is 33.5 Å². The molecule has 1 N–H and O–H groups in total. The highest BCUT2D eigenvalue weighted by Crippen LogP contribution is 2.44. The molecule has 0 aliphatic carbocycles. The Labute approximate surface area is 348 Å². The van der Waals surface area contributed by atoms with E-state index in [2.05, 4.69) is 31.2 Å². The van der Waals surface area contributed by atoms with Crippen molar-refractivity contribution in [3.63, 3.8) is 0 Å². The summed E-state index contributed by atoms with van der Waals surface area (Å²) < 4.78 is 40.5. The van der Waals surface area contributed by atoms with Gasteiger partial charge in [0.25, 0.3) is 0 Å². The molecule has 0 radical (unpaired) electrons. The van der Waals surface area contributed by atoms with E-state index < -0.39 is 30.2 Å². The maximum Gasteiger partial charge on any atom is 0.222 e. The van der Waals surface area contributed by atoms with Gasteiger partial charge in [-0.05, 0) is 63.1 Å². The van der Waals surface area contributed by atoms with Crippen LogP contribution in [0.15, 0.2) is 158 Å². The average Bonchev–Trinajstić information content (AvgIpc) is 3.77. The normalized spacial score (nSPS) is 21.2. The van der Waals surface area contributed by atoms with Gasteiger partial charge in [-0.3, -0.25) is 0 Å². The topological polar surface area (TPSA) is 75.6 Å². The molecule has 6 aromatic rings. The highest BCUT2D eigenvalue weighted by molar-refractivity contribution is 5.50. The first-order valence-electron chi connectivity index (χ1n) is 20.9. The minimum absolute atomic E-state index is 0.137. The Bertz CT molecular complexity index is 2180. The van der Waals surface area contributed by atoms with Crippen molar-refractivity contribution in [3.8, 4) is 5.75 Å². The van der Waals surface area contributed by atoms with Crippen LogP contribution in [0.4, 0.5) is 0 Å². The van der Waals surface area contributed by atoms with E-state index in [4.69, 9.17) is 28.4 Å². The lowest BCUT2D eigenvalue weighted by Gasteiger charge is -2.50. The van der Waals surface area contributed by atoms with Crippen LogP contribution in [0, 0.1) is 0 Å². The minimum atomic E-state index is -1.97. The second kappa shape index (κ2) is 19.8. The maximum absolute atomic E-state index is 13.5. The summed E-state index contributed by atoms with van der Waals surface area (Å²) in [6, 6.07) is 53.0. The van der Waals surface area contributed by atoms with Crippen LogP contribution in [0.3, 0.4) is 0 Å². The largest absolute Gasteiger partial charge is 0.493 e. The van der Waals surface area contributed by atoms with Gasteiger partial charge in [0.1, 0.15) is 30.2 Å². The van der Waals surface area contributed by atoms with E-state index >= 15 is 0 Å². The van der Waals surface area contributed by atoms with Crippen LogP contribution in [0.1, 0.15) is 63.4 Å². The number of ether oxygens (including phenoxy) is 6. The third kappa shape index (κ3) is 10.2. The lowest BCUT2D eigenvalue weighted by Crippen LogP contribution is -2.65. The molecule has 2 heterocycles. The van der Waals surface area contributed by atoms with Crippen LogP contribution in [0.2, 0.25) is 0 Å². The third-order valence-corrected chi connectivity index (χ3v) is 11.2. The first-order valence-corrected chi connectivity index (χ1v) is 20.9. The summed E-state index contributed by atoms with van der Waals surface area (Å²) in [5.74, 6) is -1.10. The van der Waals surface area contributed by atoms with Crippen molar-refractivity contribution >= 4 is 0 Å². The fourth-order valence-electron chi connectivity index (χ4n) is 8.14. The van der Waals surface area contributed by atoms with Crippen molar-refractivity contribution in [2.45, 2.75) is 89.2 Å². The van der Waals surface area contributed by atoms with E-state index in [1.165, 1.54) is 11.1 Å². The molecule has 1 unspecified atom stereocenters. The zero-order chi connectivity index (χ0) is 40.3. The van der Waals surface area contributed by atoms with Crippen LogP contribution in [0.25, 0.3) is 0 Å². The van der Waals surface area contributed by atoms with Gasteiger partial charge in [0.2, 0.25) is 5.79 Å². The van der Waals surface area contributed by atoms with E-state index in [9.17, 15) is 5.11 Å². The predicted molar refractivity (Wildman–Crippen MR) is 229 cm³/mol. The van der Waals surface area contributed by atoms with E-state index in [0.717, 1.165) is 58.4 Å². The smallest absolute Gasteiger partial charge is 0.222 e. The molecule has 2 aliphatic heterocycles. The molecule has 7 heteroatoms. The third-order valence-electron chi connectivity index (χ3n) is 11.2. The molecule has 0 bridgehead atoms. The second-order valence-corrected chi connectivity index (χ2v) is 15.6. The van der Waals surface area contributed by atoms with Crippen LogP contribution in [-0.2, 0) is 75.2 Å². The maximum atomic E-state index is 13.5. The van der Waals surface area contributed by atoms with Gasteiger partial charge in [0, 0.05) is 18.4 Å². The molecule has 7 nitrogen and oxygen atoms in total. The molecule has 1 saturated heterocycles. The van der Waals surface area contributed by atoms with Gasteiger partial charge in [0.05, 0.1) is 39.6 Å². The van der Waals surface area contributed by atoms with Crippen molar-refractivity contribution in [3.05, 3.63) is 208 Å². The summed E-state index contributed by atoms with van der Waals surface area (Å²) in [4.78, 5) is 0. The molecule has 0 aromatic heterocycles. The fourth-order valence-corrected chi connectivity index (χ4v) is 8.14. The van der Waals surface area contributed by atoms with Gasteiger partial charge in [-0.25, -0.2) is 0 Å². The van der Waals surface area contributed by atoms with Gasteiger partial charge in [0.15, 0.2) is 0 Å². The Morgan fingerprint density at radius 1 is 0.593 bits per heavy atom. The highest BCUT2D eigenvalue weighted by Gasteiger charge is 2.57. The van der Waals surface area contributed by atoms with Crippen molar-refractivity contribution in [1.82, 2.24) is 0 Å². The summed E-state index contributed by atoms with van der Waals surface area (Å²) in [7, 11) is 0. The van der Waals surface area contributed by atoms with Crippen molar-refractivity contribution in [2.24, 2.45) is 0 Å². The Kier molecular flexibility index (Phi) is 13.6. The summed E-state index contributed by atoms with van der Waals surface area (Å²) in [5.41, 5.74) is 9.07. The van der Waals surface area contributed by atoms with Crippen molar-refractivity contribution in [1.29, 1.82) is 0 Å². The Hall–Kier alpha value is -5.12. The Balaban J connectivity index is 1.20. The SMILES string of the molecule is CCCc1ccc(Cc2cc(C3(O)O[C@H](COCc4ccccc4)[C@@H](OCc4ccccc4)[C@H](OCc4ccccc4)[C@H]3OCc3ccccc3)cc3c2OCC3)cc1. The van der Waals surface area contributed by atoms with Gasteiger partial charge in [-0.1, -0.05) is 159 Å². The standard InChI is InChI=1S/C52H54O7/c1-2-15-38-24-26-39(27-25-38)30-45-32-46(31-44-28-29-55-48(44)45)52(53)51(58-36-43-22-13-6-14-23-43)50(57-35-42-20-11-5-12-21-42)49(56-34-41-18-9-4-10-19-41)47(59-52)37-54-33-40-16-7-3-8-17-40/h3-14,16-27,31-32,47,49-51,53H,2,15,28-30,33-37H2,1H3/t47-,49-,50+,51-,52?/m1/s1. The van der Waals surface area contributed by atoms with Crippen LogP contribution in [-0.4, -0.2) is 42.7 Å². The summed E-state index contributed by atoms with van der Waals surface area (Å²) >= 11 is 0. The average molecular weight is 791 g/mol. The van der Waals surface area contributed by atoms with Crippen LogP contribution >= 0.6 is 0 Å². The first-order chi connectivity index (χ1) is 29.1. The molecule has 0 spiro atoms. The molecule has 304 valence electrons. The summed E-state index contributed by atoms with van der Waals surface area (Å²) in [6.07, 6.45) is 0.263. The van der Waals surface area contributed by atoms with Crippen molar-refractivity contribution < 1.29 is 33.5 Å². The van der Waals surface area contributed by atoms with E-state index in [1.807, 2.05) is 133 Å². The van der Waals surface area contributed by atoms with E-state index in [0.29, 0.717) is 31.8 Å². The van der Waals surface area contributed by atoms with Crippen LogP contribution in [0.5, 0.6) is 5.75 Å². The predicted octanol–water partition coefficient (Wildman–Crippen LogP) is 9.68. The van der Waals surface area contributed by atoms with E-state index in [-0.39, 0.29) is 19.8 Å². The Morgan fingerprint density at radius 2 is 1.12 bits per heavy atom. The number of hydrogen-bond donors (Lipinski definition) is 1. The minimum Gasteiger partial charge on any atom is -0.493 e. The number of rotatable bonds is 18. The zero-order valence-electron chi connectivity index (χ0n) is 33.8. The lowest BCUT2D eigenvalue weighted by molar-refractivity contribution is -0.378. The quantitative estimate of drug-likeness (QED) is 0.0930. The lowest BCUT2D eigenvalue weighted by atomic mass is 9.85. The molecule has 8 rings (SSSR count). The fraction of sp³-hybridized carbons (Fsp3) is 0.308.